The number of Topliss-reactive ketones (excluding diaryl/α,β-unsaturated/α-hetero) is 1. The number of ether oxygens (including phenoxy) is 1. The summed E-state index contributed by atoms with van der Waals surface area (Å²) in [7, 11) is 1.59. The Morgan fingerprint density at radius 1 is 1.39 bits per heavy atom. The summed E-state index contributed by atoms with van der Waals surface area (Å²) in [6.07, 6.45) is 2.93. The molecule has 7 nitrogen and oxygen atoms in total. The average molecular weight is 454 g/mol. The van der Waals surface area contributed by atoms with Crippen LogP contribution >= 0.6 is 23.1 Å². The summed E-state index contributed by atoms with van der Waals surface area (Å²) in [4.78, 5) is 14.9. The van der Waals surface area contributed by atoms with Crippen molar-refractivity contribution in [2.45, 2.75) is 42.9 Å². The highest BCUT2D eigenvalue weighted by Crippen LogP contribution is 2.47. The van der Waals surface area contributed by atoms with Crippen LogP contribution in [0.4, 0.5) is 5.13 Å². The number of anilines is 1. The number of allylic oxidation sites excluding steroid dienone is 3. The molecule has 1 aliphatic heterocycles. The van der Waals surface area contributed by atoms with Gasteiger partial charge in [0.1, 0.15) is 11.6 Å². The lowest BCUT2D eigenvalue weighted by atomic mass is 9.76. The van der Waals surface area contributed by atoms with Crippen molar-refractivity contribution in [3.8, 4) is 11.8 Å². The van der Waals surface area contributed by atoms with Gasteiger partial charge >= 0.3 is 0 Å². The summed E-state index contributed by atoms with van der Waals surface area (Å²) in [6.45, 7) is 2.11. The Labute approximate surface area is 189 Å². The fraction of sp³-hybridized carbons (Fsp3) is 0.364. The molecule has 2 aliphatic rings. The summed E-state index contributed by atoms with van der Waals surface area (Å²) in [5, 5.41) is 19.3. The first-order valence-electron chi connectivity index (χ1n) is 10.1. The molecule has 1 unspecified atom stereocenters. The first-order valence-corrected chi connectivity index (χ1v) is 12.0. The molecule has 160 valence electrons. The van der Waals surface area contributed by atoms with Crippen LogP contribution in [0.25, 0.3) is 0 Å². The Morgan fingerprint density at radius 2 is 2.23 bits per heavy atom. The lowest BCUT2D eigenvalue weighted by Gasteiger charge is -2.38. The van der Waals surface area contributed by atoms with Gasteiger partial charge in [0.05, 0.1) is 24.7 Å². The van der Waals surface area contributed by atoms with Gasteiger partial charge < -0.3 is 10.5 Å². The van der Waals surface area contributed by atoms with Crippen molar-refractivity contribution in [3.63, 3.8) is 0 Å². The number of methoxy groups -OCH3 is 1. The van der Waals surface area contributed by atoms with Crippen LogP contribution in [0.1, 0.15) is 44.1 Å². The molecule has 0 spiro atoms. The van der Waals surface area contributed by atoms with Crippen LogP contribution in [0.3, 0.4) is 0 Å². The molecule has 9 heteroatoms. The summed E-state index contributed by atoms with van der Waals surface area (Å²) in [5.41, 5.74) is 9.18. The van der Waals surface area contributed by atoms with Crippen LogP contribution in [-0.4, -0.2) is 28.8 Å². The summed E-state index contributed by atoms with van der Waals surface area (Å²) in [5.74, 6) is 1.47. The van der Waals surface area contributed by atoms with E-state index in [1.54, 1.807) is 23.8 Å². The third kappa shape index (κ3) is 3.93. The van der Waals surface area contributed by atoms with Gasteiger partial charge in [-0.2, -0.15) is 5.26 Å². The maximum absolute atomic E-state index is 13.1. The zero-order valence-corrected chi connectivity index (χ0v) is 19.1. The zero-order chi connectivity index (χ0) is 22.0. The number of nitrogens with two attached hydrogens (primary N) is 1. The molecule has 2 aromatic rings. The Bertz CT molecular complexity index is 1120. The van der Waals surface area contributed by atoms with E-state index < -0.39 is 5.92 Å². The van der Waals surface area contributed by atoms with E-state index in [9.17, 15) is 10.1 Å². The Balaban J connectivity index is 1.86. The number of benzene rings is 1. The lowest BCUT2D eigenvalue weighted by molar-refractivity contribution is -0.116. The fourth-order valence-corrected chi connectivity index (χ4v) is 5.81. The van der Waals surface area contributed by atoms with Crippen LogP contribution in [0, 0.1) is 11.3 Å². The number of hydrogen-bond donors (Lipinski definition) is 1. The molecule has 1 atom stereocenters. The molecule has 2 N–H and O–H groups in total. The number of rotatable bonds is 6. The smallest absolute Gasteiger partial charge is 0.219 e. The van der Waals surface area contributed by atoms with Crippen molar-refractivity contribution in [1.29, 1.82) is 5.26 Å². The molecule has 2 heterocycles. The molecule has 1 aliphatic carbocycles. The topological polar surface area (TPSA) is 105 Å². The van der Waals surface area contributed by atoms with E-state index in [0.29, 0.717) is 40.7 Å². The molecule has 0 radical (unpaired) electrons. The molecule has 31 heavy (non-hydrogen) atoms. The van der Waals surface area contributed by atoms with E-state index in [1.807, 2.05) is 24.3 Å². The van der Waals surface area contributed by atoms with Gasteiger partial charge in [-0.25, -0.2) is 0 Å². The molecule has 0 saturated heterocycles. The molecule has 0 amide bonds. The van der Waals surface area contributed by atoms with Gasteiger partial charge in [-0.3, -0.25) is 9.69 Å². The number of aromatic nitrogens is 2. The second-order valence-corrected chi connectivity index (χ2v) is 9.59. The summed E-state index contributed by atoms with van der Waals surface area (Å²) in [6, 6.07) is 9.74. The Morgan fingerprint density at radius 3 is 2.97 bits per heavy atom. The molecule has 4 rings (SSSR count). The minimum Gasteiger partial charge on any atom is -0.497 e. The second kappa shape index (κ2) is 9.12. The maximum atomic E-state index is 13.1. The SMILES string of the molecule is CCCSc1nnc(N2C(N)=C(C#N)C(c3cccc(OC)c3)C3=C2CCCC3=O)s1. The predicted molar refractivity (Wildman–Crippen MR) is 122 cm³/mol. The highest BCUT2D eigenvalue weighted by molar-refractivity contribution is 8.01. The Kier molecular flexibility index (Phi) is 6.30. The van der Waals surface area contributed by atoms with Gasteiger partial charge in [0.25, 0.3) is 0 Å². The van der Waals surface area contributed by atoms with Crippen molar-refractivity contribution in [1.82, 2.24) is 10.2 Å². The first kappa shape index (κ1) is 21.4. The van der Waals surface area contributed by atoms with Crippen LogP contribution in [-0.2, 0) is 4.79 Å². The second-order valence-electron chi connectivity index (χ2n) is 7.29. The quantitative estimate of drug-likeness (QED) is 0.644. The van der Waals surface area contributed by atoms with Gasteiger partial charge in [-0.15, -0.1) is 10.2 Å². The average Bonchev–Trinajstić information content (AvgIpc) is 3.25. The van der Waals surface area contributed by atoms with Crippen molar-refractivity contribution in [2.75, 3.05) is 17.8 Å². The summed E-state index contributed by atoms with van der Waals surface area (Å²) >= 11 is 3.08. The van der Waals surface area contributed by atoms with Crippen molar-refractivity contribution >= 4 is 34.0 Å². The number of nitrogens with zero attached hydrogens (tertiary/aromatic N) is 4. The fourth-order valence-electron chi connectivity index (χ4n) is 4.00. The summed E-state index contributed by atoms with van der Waals surface area (Å²) < 4.78 is 6.22. The van der Waals surface area contributed by atoms with Crippen molar-refractivity contribution in [2.24, 2.45) is 5.73 Å². The van der Waals surface area contributed by atoms with Crippen LogP contribution in [0.2, 0.25) is 0 Å². The minimum atomic E-state index is -0.513. The number of carbonyl (C=O) groups is 1. The molecule has 1 aromatic carbocycles. The molecular formula is C22H23N5O2S2. The number of thioether (sulfide) groups is 1. The highest BCUT2D eigenvalue weighted by Gasteiger charge is 2.41. The van der Waals surface area contributed by atoms with Crippen LogP contribution < -0.4 is 15.4 Å². The van der Waals surface area contributed by atoms with E-state index in [2.05, 4.69) is 23.2 Å². The third-order valence-corrected chi connectivity index (χ3v) is 7.60. The van der Waals surface area contributed by atoms with E-state index in [1.165, 1.54) is 11.3 Å². The molecule has 0 bridgehead atoms. The van der Waals surface area contributed by atoms with E-state index >= 15 is 0 Å². The highest BCUT2D eigenvalue weighted by atomic mass is 32.2. The van der Waals surface area contributed by atoms with Gasteiger partial charge in [-0.05, 0) is 37.0 Å². The van der Waals surface area contributed by atoms with E-state index in [-0.39, 0.29) is 5.78 Å². The molecule has 0 fully saturated rings. The lowest BCUT2D eigenvalue weighted by Crippen LogP contribution is -2.38. The number of carbonyl (C=O) groups excluding carboxylic acids is 1. The van der Waals surface area contributed by atoms with E-state index in [0.717, 1.165) is 34.2 Å². The zero-order valence-electron chi connectivity index (χ0n) is 17.4. The normalized spacial score (nSPS) is 18.8. The maximum Gasteiger partial charge on any atom is 0.219 e. The first-order chi connectivity index (χ1) is 15.1. The van der Waals surface area contributed by atoms with Gasteiger partial charge in [0, 0.05) is 23.4 Å². The van der Waals surface area contributed by atoms with Gasteiger partial charge in [0.15, 0.2) is 10.1 Å². The molecule has 1 aromatic heterocycles. The van der Waals surface area contributed by atoms with Gasteiger partial charge in [-0.1, -0.05) is 42.2 Å². The van der Waals surface area contributed by atoms with Crippen molar-refractivity contribution in [3.05, 3.63) is 52.5 Å². The standard InChI is InChI=1S/C22H23N5O2S2/c1-3-10-30-22-26-25-21(31-22)27-16-8-5-9-17(28)19(16)18(15(12-23)20(27)24)13-6-4-7-14(11-13)29-2/h4,6-7,11,18H,3,5,8-10,24H2,1-2H3. The number of nitriles is 1. The monoisotopic (exact) mass is 453 g/mol. The third-order valence-electron chi connectivity index (χ3n) is 5.36. The van der Waals surface area contributed by atoms with Crippen LogP contribution in [0.5, 0.6) is 5.75 Å². The molecule has 0 saturated carbocycles. The van der Waals surface area contributed by atoms with E-state index in [4.69, 9.17) is 10.5 Å². The van der Waals surface area contributed by atoms with Gasteiger partial charge in [0.2, 0.25) is 5.13 Å². The number of hydrogen-bond acceptors (Lipinski definition) is 9. The van der Waals surface area contributed by atoms with Crippen molar-refractivity contribution < 1.29 is 9.53 Å². The predicted octanol–water partition coefficient (Wildman–Crippen LogP) is 4.35. The Hall–Kier alpha value is -2.83. The number of ketones is 1. The minimum absolute atomic E-state index is 0.0458. The van der Waals surface area contributed by atoms with Crippen LogP contribution in [0.15, 0.2) is 51.3 Å². The molecular weight excluding hydrogens is 430 g/mol. The largest absolute Gasteiger partial charge is 0.497 e.